The number of hydrogen-bond donors (Lipinski definition) is 2. The van der Waals surface area contributed by atoms with Gasteiger partial charge in [0.2, 0.25) is 0 Å². The molecule has 0 aliphatic heterocycles. The summed E-state index contributed by atoms with van der Waals surface area (Å²) in [6.45, 7) is 1.68. The lowest BCUT2D eigenvalue weighted by Gasteiger charge is -2.37. The van der Waals surface area contributed by atoms with Crippen LogP contribution in [-0.2, 0) is 4.79 Å². The zero-order valence-electron chi connectivity index (χ0n) is 9.69. The first-order chi connectivity index (χ1) is 8.06. The first kappa shape index (κ1) is 12.4. The van der Waals surface area contributed by atoms with E-state index < -0.39 is 12.0 Å². The Hall–Kier alpha value is -1.06. The molecule has 1 fully saturated rings. The zero-order chi connectivity index (χ0) is 12.4. The van der Waals surface area contributed by atoms with E-state index in [1.165, 1.54) is 5.56 Å². The van der Waals surface area contributed by atoms with E-state index in [0.29, 0.717) is 12.0 Å². The molecule has 0 amide bonds. The van der Waals surface area contributed by atoms with Gasteiger partial charge in [-0.2, -0.15) is 0 Å². The van der Waals surface area contributed by atoms with Gasteiger partial charge in [-0.3, -0.25) is 4.79 Å². The lowest BCUT2D eigenvalue weighted by atomic mass is 9.75. The minimum atomic E-state index is -0.792. The molecule has 0 radical (unpaired) electrons. The summed E-state index contributed by atoms with van der Waals surface area (Å²) in [6, 6.07) is 7.75. The summed E-state index contributed by atoms with van der Waals surface area (Å²) in [5.74, 6) is -0.259. The van der Waals surface area contributed by atoms with Crippen LogP contribution in [0.25, 0.3) is 0 Å². The molecule has 0 unspecified atom stereocenters. The highest BCUT2D eigenvalue weighted by atomic mass is 35.5. The number of carbonyl (C=O) groups is 1. The predicted molar refractivity (Wildman–Crippen MR) is 67.4 cm³/mol. The molecule has 0 saturated heterocycles. The number of halogens is 1. The second kappa shape index (κ2) is 5.07. The first-order valence-corrected chi connectivity index (χ1v) is 6.18. The van der Waals surface area contributed by atoms with Crippen molar-refractivity contribution < 1.29 is 9.90 Å². The number of benzene rings is 1. The largest absolute Gasteiger partial charge is 0.480 e. The Bertz CT molecular complexity index is 398. The number of carboxylic acid groups (broad SMARTS) is 1. The number of aliphatic carboxylic acids is 1. The Kier molecular flexibility index (Phi) is 3.69. The van der Waals surface area contributed by atoms with Gasteiger partial charge in [-0.05, 0) is 43.4 Å². The van der Waals surface area contributed by atoms with Crippen LogP contribution in [-0.4, -0.2) is 23.2 Å². The van der Waals surface area contributed by atoms with Crippen LogP contribution < -0.4 is 5.32 Å². The van der Waals surface area contributed by atoms with Crippen LogP contribution in [0.5, 0.6) is 0 Å². The van der Waals surface area contributed by atoms with Crippen molar-refractivity contribution in [1.82, 2.24) is 5.32 Å². The quantitative estimate of drug-likeness (QED) is 0.867. The molecule has 1 saturated carbocycles. The fourth-order valence-corrected chi connectivity index (χ4v) is 2.31. The van der Waals surface area contributed by atoms with Gasteiger partial charge in [0.25, 0.3) is 0 Å². The van der Waals surface area contributed by atoms with Crippen molar-refractivity contribution >= 4 is 17.6 Å². The zero-order valence-corrected chi connectivity index (χ0v) is 10.4. The van der Waals surface area contributed by atoms with Gasteiger partial charge in [-0.25, -0.2) is 0 Å². The van der Waals surface area contributed by atoms with Crippen LogP contribution in [0.1, 0.15) is 31.2 Å². The van der Waals surface area contributed by atoms with Gasteiger partial charge in [0.05, 0.1) is 0 Å². The fourth-order valence-electron chi connectivity index (χ4n) is 2.19. The van der Waals surface area contributed by atoms with Crippen LogP contribution in [0.15, 0.2) is 24.3 Å². The maximum atomic E-state index is 10.7. The van der Waals surface area contributed by atoms with Gasteiger partial charge in [0, 0.05) is 11.1 Å². The number of hydrogen-bond acceptors (Lipinski definition) is 2. The van der Waals surface area contributed by atoms with E-state index in [-0.39, 0.29) is 0 Å². The van der Waals surface area contributed by atoms with E-state index in [4.69, 9.17) is 16.7 Å². The standard InChI is InChI=1S/C13H16ClNO2/c1-8(13(16)17)15-12-6-10(7-12)9-2-4-11(14)5-3-9/h2-5,8,10,12,15H,6-7H2,1H3,(H,16,17)/t8-,10?,12?/m1/s1. The molecular formula is C13H16ClNO2. The van der Waals surface area contributed by atoms with Crippen LogP contribution in [0.2, 0.25) is 5.02 Å². The van der Waals surface area contributed by atoms with E-state index in [0.717, 1.165) is 17.9 Å². The molecule has 0 heterocycles. The van der Waals surface area contributed by atoms with Crippen LogP contribution in [0.4, 0.5) is 0 Å². The summed E-state index contributed by atoms with van der Waals surface area (Å²) in [6.07, 6.45) is 2.00. The van der Waals surface area contributed by atoms with Gasteiger partial charge in [0.1, 0.15) is 6.04 Å². The molecule has 1 aliphatic carbocycles. The highest BCUT2D eigenvalue weighted by molar-refractivity contribution is 6.30. The van der Waals surface area contributed by atoms with Crippen molar-refractivity contribution in [1.29, 1.82) is 0 Å². The minimum Gasteiger partial charge on any atom is -0.480 e. The SMILES string of the molecule is C[C@@H](NC1CC(c2ccc(Cl)cc2)C1)C(=O)O. The van der Waals surface area contributed by atoms with Crippen LogP contribution in [0, 0.1) is 0 Å². The second-order valence-corrected chi connectivity index (χ2v) is 5.08. The summed E-state index contributed by atoms with van der Waals surface area (Å²) in [7, 11) is 0. The summed E-state index contributed by atoms with van der Waals surface area (Å²) in [4.78, 5) is 10.7. The molecule has 0 aromatic heterocycles. The van der Waals surface area contributed by atoms with E-state index >= 15 is 0 Å². The molecule has 1 aromatic rings. The number of carboxylic acids is 1. The summed E-state index contributed by atoms with van der Waals surface area (Å²) >= 11 is 5.83. The predicted octanol–water partition coefficient (Wildman–Crippen LogP) is 2.65. The topological polar surface area (TPSA) is 49.3 Å². The van der Waals surface area contributed by atoms with Crippen molar-refractivity contribution in [2.45, 2.75) is 37.8 Å². The molecule has 17 heavy (non-hydrogen) atoms. The first-order valence-electron chi connectivity index (χ1n) is 5.80. The molecule has 1 aromatic carbocycles. The van der Waals surface area contributed by atoms with Gasteiger partial charge in [-0.1, -0.05) is 23.7 Å². The maximum Gasteiger partial charge on any atom is 0.320 e. The van der Waals surface area contributed by atoms with Crippen molar-refractivity contribution in [3.63, 3.8) is 0 Å². The molecule has 2 rings (SSSR count). The molecule has 1 atom stereocenters. The summed E-state index contributed by atoms with van der Waals surface area (Å²) < 4.78 is 0. The highest BCUT2D eigenvalue weighted by Gasteiger charge is 2.31. The lowest BCUT2D eigenvalue weighted by molar-refractivity contribution is -0.139. The Morgan fingerprint density at radius 2 is 2.00 bits per heavy atom. The Balaban J connectivity index is 1.83. The van der Waals surface area contributed by atoms with Crippen molar-refractivity contribution in [3.8, 4) is 0 Å². The van der Waals surface area contributed by atoms with Crippen LogP contribution in [0.3, 0.4) is 0 Å². The molecule has 0 bridgehead atoms. The van der Waals surface area contributed by atoms with E-state index in [9.17, 15) is 4.79 Å². The molecular weight excluding hydrogens is 238 g/mol. The van der Waals surface area contributed by atoms with E-state index in [1.54, 1.807) is 6.92 Å². The maximum absolute atomic E-state index is 10.7. The Morgan fingerprint density at radius 1 is 1.41 bits per heavy atom. The highest BCUT2D eigenvalue weighted by Crippen LogP contribution is 2.37. The van der Waals surface area contributed by atoms with E-state index in [2.05, 4.69) is 5.32 Å². The van der Waals surface area contributed by atoms with Crippen molar-refractivity contribution in [2.75, 3.05) is 0 Å². The van der Waals surface area contributed by atoms with Crippen molar-refractivity contribution in [3.05, 3.63) is 34.9 Å². The van der Waals surface area contributed by atoms with Gasteiger partial charge in [-0.15, -0.1) is 0 Å². The Morgan fingerprint density at radius 3 is 2.53 bits per heavy atom. The van der Waals surface area contributed by atoms with Gasteiger partial charge >= 0.3 is 5.97 Å². The van der Waals surface area contributed by atoms with Crippen LogP contribution >= 0.6 is 11.6 Å². The lowest BCUT2D eigenvalue weighted by Crippen LogP contribution is -2.47. The summed E-state index contributed by atoms with van der Waals surface area (Å²) in [5, 5.41) is 12.6. The molecule has 2 N–H and O–H groups in total. The smallest absolute Gasteiger partial charge is 0.320 e. The average molecular weight is 254 g/mol. The molecule has 4 heteroatoms. The minimum absolute atomic E-state index is 0.321. The Labute approximate surface area is 106 Å². The fraction of sp³-hybridized carbons (Fsp3) is 0.462. The molecule has 92 valence electrons. The number of rotatable bonds is 4. The molecule has 0 spiro atoms. The van der Waals surface area contributed by atoms with Crippen molar-refractivity contribution in [2.24, 2.45) is 0 Å². The third-order valence-electron chi connectivity index (χ3n) is 3.34. The third kappa shape index (κ3) is 2.99. The molecule has 3 nitrogen and oxygen atoms in total. The molecule has 1 aliphatic rings. The summed E-state index contributed by atoms with van der Waals surface area (Å²) in [5.41, 5.74) is 1.29. The monoisotopic (exact) mass is 253 g/mol. The average Bonchev–Trinajstić information content (AvgIpc) is 2.24. The van der Waals surface area contributed by atoms with Gasteiger partial charge < -0.3 is 10.4 Å². The van der Waals surface area contributed by atoms with Gasteiger partial charge in [0.15, 0.2) is 0 Å². The van der Waals surface area contributed by atoms with E-state index in [1.807, 2.05) is 24.3 Å². The normalized spacial score (nSPS) is 25.1. The second-order valence-electron chi connectivity index (χ2n) is 4.64. The third-order valence-corrected chi connectivity index (χ3v) is 3.59. The number of nitrogens with one attached hydrogen (secondary N) is 1.